The average molecular weight is 660 g/mol. The summed E-state index contributed by atoms with van der Waals surface area (Å²) in [5.74, 6) is -7.52. The number of imide groups is 2. The van der Waals surface area contributed by atoms with E-state index >= 15 is 0 Å². The van der Waals surface area contributed by atoms with Gasteiger partial charge in [-0.25, -0.2) is 9.37 Å². The first-order chi connectivity index (χ1) is 22.0. The Hall–Kier alpha value is -4.54. The molecular weight excluding hydrogens is 636 g/mol. The molecule has 4 aliphatic rings. The Labute approximate surface area is 271 Å². The van der Waals surface area contributed by atoms with Gasteiger partial charge < -0.3 is 9.52 Å². The molecule has 9 nitrogen and oxygen atoms in total. The van der Waals surface area contributed by atoms with Crippen LogP contribution in [-0.2, 0) is 19.2 Å². The number of likely N-dealkylation sites (tertiary alicyclic amines) is 1. The number of amides is 4. The lowest BCUT2D eigenvalue weighted by Crippen LogP contribution is -2.60. The standard InChI is InChI=1S/C34H24Cl2FN3O6/c1-39-31(44)33(35)15-21-18(26(34(33,36)32(39)45)20-5-4-6-22(37)27(20)41)13-14-19-25(21)30(43)40(29(19)42)17-11-9-16(10-12-17)28-38-23-7-2-3-8-24(23)46-28/h2-13,19,21,25-26,41H,14-15H2,1H3. The number of alkyl halides is 2. The zero-order valence-electron chi connectivity index (χ0n) is 24.1. The van der Waals surface area contributed by atoms with Gasteiger partial charge >= 0.3 is 0 Å². The number of oxazole rings is 1. The van der Waals surface area contributed by atoms with Gasteiger partial charge in [-0.1, -0.05) is 35.9 Å². The monoisotopic (exact) mass is 659 g/mol. The first kappa shape index (κ1) is 28.9. The summed E-state index contributed by atoms with van der Waals surface area (Å²) >= 11 is 14.2. The fraction of sp³-hybridized carbons (Fsp3) is 0.265. The maximum Gasteiger partial charge on any atom is 0.253 e. The molecule has 4 aromatic rings. The maximum atomic E-state index is 14.7. The van der Waals surface area contributed by atoms with Crippen molar-refractivity contribution in [3.8, 4) is 17.2 Å². The summed E-state index contributed by atoms with van der Waals surface area (Å²) in [6.07, 6.45) is 1.64. The third-order valence-corrected chi connectivity index (χ3v) is 11.4. The molecule has 3 heterocycles. The molecule has 0 bridgehead atoms. The highest BCUT2D eigenvalue weighted by Crippen LogP contribution is 2.66. The maximum absolute atomic E-state index is 14.7. The van der Waals surface area contributed by atoms with E-state index in [4.69, 9.17) is 27.6 Å². The first-order valence-corrected chi connectivity index (χ1v) is 15.4. The average Bonchev–Trinajstić information content (AvgIpc) is 3.64. The molecule has 0 spiro atoms. The molecule has 3 fully saturated rings. The number of benzene rings is 3. The predicted octanol–water partition coefficient (Wildman–Crippen LogP) is 5.53. The SMILES string of the molecule is CN1C(=O)C2(Cl)CC3C(=CCC4C(=O)N(c5ccc(-c6nc7ccccc7o6)cc5)C(=O)C43)C(c3cccc(F)c3O)C2(Cl)C1=O. The molecular formula is C34H24Cl2FN3O6. The summed E-state index contributed by atoms with van der Waals surface area (Å²) in [6, 6.07) is 17.9. The second kappa shape index (κ2) is 9.73. The Morgan fingerprint density at radius 1 is 0.935 bits per heavy atom. The van der Waals surface area contributed by atoms with Crippen molar-refractivity contribution in [2.45, 2.75) is 28.5 Å². The van der Waals surface area contributed by atoms with Crippen LogP contribution in [0.25, 0.3) is 22.6 Å². The fourth-order valence-electron chi connectivity index (χ4n) is 7.86. The number of nitrogens with zero attached hydrogens (tertiary/aromatic N) is 3. The molecule has 8 rings (SSSR count). The Morgan fingerprint density at radius 3 is 2.41 bits per heavy atom. The zero-order valence-corrected chi connectivity index (χ0v) is 25.6. The van der Waals surface area contributed by atoms with Gasteiger partial charge in [-0.05, 0) is 61.2 Å². The second-order valence-corrected chi connectivity index (χ2v) is 13.5. The lowest BCUT2D eigenvalue weighted by molar-refractivity contribution is -0.138. The number of fused-ring (bicyclic) bond motifs is 5. The molecule has 2 aliphatic carbocycles. The summed E-state index contributed by atoms with van der Waals surface area (Å²) < 4.78 is 20.6. The molecule has 46 heavy (non-hydrogen) atoms. The number of phenolic OH excluding ortho intramolecular Hbond substituents is 1. The van der Waals surface area contributed by atoms with E-state index in [1.54, 1.807) is 30.3 Å². The van der Waals surface area contributed by atoms with Crippen LogP contribution in [0.15, 0.2) is 82.8 Å². The fourth-order valence-corrected chi connectivity index (χ4v) is 8.87. The number of rotatable bonds is 3. The third-order valence-electron chi connectivity index (χ3n) is 10.0. The van der Waals surface area contributed by atoms with Gasteiger partial charge in [-0.2, -0.15) is 0 Å². The molecule has 2 aliphatic heterocycles. The molecule has 1 aromatic heterocycles. The largest absolute Gasteiger partial charge is 0.505 e. The van der Waals surface area contributed by atoms with Gasteiger partial charge in [0.2, 0.25) is 17.7 Å². The number of hydrogen-bond donors (Lipinski definition) is 1. The molecule has 3 aromatic carbocycles. The van der Waals surface area contributed by atoms with Gasteiger partial charge in [-0.3, -0.25) is 29.0 Å². The van der Waals surface area contributed by atoms with Gasteiger partial charge in [0, 0.05) is 24.1 Å². The number of allylic oxidation sites excluding steroid dienone is 2. The smallest absolute Gasteiger partial charge is 0.253 e. The van der Waals surface area contributed by atoms with Crippen molar-refractivity contribution < 1.29 is 33.1 Å². The number of aromatic hydroxyl groups is 1. The molecule has 6 unspecified atom stereocenters. The second-order valence-electron chi connectivity index (χ2n) is 12.2. The van der Waals surface area contributed by atoms with E-state index in [2.05, 4.69) is 4.98 Å². The van der Waals surface area contributed by atoms with Gasteiger partial charge in [0.1, 0.15) is 5.52 Å². The predicted molar refractivity (Wildman–Crippen MR) is 165 cm³/mol. The van der Waals surface area contributed by atoms with Crippen molar-refractivity contribution in [3.63, 3.8) is 0 Å². The lowest BCUT2D eigenvalue weighted by atomic mass is 9.56. The van der Waals surface area contributed by atoms with Crippen molar-refractivity contribution >= 4 is 63.6 Å². The molecule has 0 radical (unpaired) electrons. The van der Waals surface area contributed by atoms with Crippen molar-refractivity contribution in [1.29, 1.82) is 0 Å². The normalized spacial score (nSPS) is 30.5. The number of hydrogen-bond acceptors (Lipinski definition) is 7. The number of aromatic nitrogens is 1. The van der Waals surface area contributed by atoms with Crippen molar-refractivity contribution in [3.05, 3.63) is 89.8 Å². The summed E-state index contributed by atoms with van der Waals surface area (Å²) in [7, 11) is 1.26. The highest BCUT2D eigenvalue weighted by atomic mass is 35.5. The number of phenols is 1. The van der Waals surface area contributed by atoms with Crippen molar-refractivity contribution in [1.82, 2.24) is 9.88 Å². The summed E-state index contributed by atoms with van der Waals surface area (Å²) in [6.45, 7) is 0. The van der Waals surface area contributed by atoms with Crippen LogP contribution in [0.1, 0.15) is 24.3 Å². The van der Waals surface area contributed by atoms with Gasteiger partial charge in [0.25, 0.3) is 11.8 Å². The third kappa shape index (κ3) is 3.59. The highest BCUT2D eigenvalue weighted by Gasteiger charge is 2.76. The summed E-state index contributed by atoms with van der Waals surface area (Å²) in [5, 5.41) is 10.8. The number of carbonyl (C=O) groups is 4. The number of anilines is 1. The Balaban J connectivity index is 1.19. The molecule has 1 N–H and O–H groups in total. The quantitative estimate of drug-likeness (QED) is 0.174. The molecule has 1 saturated carbocycles. The van der Waals surface area contributed by atoms with Gasteiger partial charge in [0.15, 0.2) is 26.9 Å². The van der Waals surface area contributed by atoms with Crippen molar-refractivity contribution in [2.75, 3.05) is 11.9 Å². The summed E-state index contributed by atoms with van der Waals surface area (Å²) in [4.78, 5) is 57.6. The van der Waals surface area contributed by atoms with Gasteiger partial charge in [0.05, 0.1) is 17.5 Å². The minimum absolute atomic E-state index is 0.0331. The van der Waals surface area contributed by atoms with Crippen LogP contribution in [0.5, 0.6) is 5.75 Å². The van der Waals surface area contributed by atoms with Gasteiger partial charge in [-0.15, -0.1) is 23.2 Å². The number of halogens is 3. The van der Waals surface area contributed by atoms with Crippen LogP contribution in [-0.4, -0.2) is 55.4 Å². The highest BCUT2D eigenvalue weighted by molar-refractivity contribution is 6.53. The van der Waals surface area contributed by atoms with Crippen LogP contribution in [0, 0.1) is 23.6 Å². The van der Waals surface area contributed by atoms with E-state index in [-0.39, 0.29) is 18.4 Å². The Morgan fingerprint density at radius 2 is 1.67 bits per heavy atom. The van der Waals surface area contributed by atoms with E-state index in [0.717, 1.165) is 15.9 Å². The molecule has 232 valence electrons. The zero-order chi connectivity index (χ0) is 32.3. The van der Waals surface area contributed by atoms with Crippen LogP contribution >= 0.6 is 23.2 Å². The Kier molecular flexibility index (Phi) is 6.11. The van der Waals surface area contributed by atoms with E-state index < -0.39 is 68.6 Å². The van der Waals surface area contributed by atoms with Crippen LogP contribution in [0.3, 0.4) is 0 Å². The first-order valence-electron chi connectivity index (χ1n) is 14.7. The lowest BCUT2D eigenvalue weighted by Gasteiger charge is -2.50. The Bertz CT molecular complexity index is 2030. The minimum Gasteiger partial charge on any atom is -0.505 e. The van der Waals surface area contributed by atoms with E-state index in [9.17, 15) is 28.7 Å². The molecule has 4 amide bonds. The van der Waals surface area contributed by atoms with Crippen molar-refractivity contribution in [2.24, 2.45) is 17.8 Å². The van der Waals surface area contributed by atoms with Crippen LogP contribution < -0.4 is 4.90 Å². The molecule has 2 saturated heterocycles. The topological polar surface area (TPSA) is 121 Å². The summed E-state index contributed by atoms with van der Waals surface area (Å²) in [5.41, 5.74) is 2.75. The number of carbonyl (C=O) groups excluding carboxylic acids is 4. The molecule has 12 heteroatoms. The number of para-hydroxylation sites is 3. The van der Waals surface area contributed by atoms with E-state index in [0.29, 0.717) is 33.8 Å². The molecule has 6 atom stereocenters. The van der Waals surface area contributed by atoms with E-state index in [1.807, 2.05) is 24.3 Å². The van der Waals surface area contributed by atoms with Crippen LogP contribution in [0.2, 0.25) is 0 Å². The van der Waals surface area contributed by atoms with E-state index in [1.165, 1.54) is 19.2 Å². The minimum atomic E-state index is -2.12. The van der Waals surface area contributed by atoms with Crippen LogP contribution in [0.4, 0.5) is 10.1 Å².